The van der Waals surface area contributed by atoms with Gasteiger partial charge in [0.1, 0.15) is 16.7 Å². The van der Waals surface area contributed by atoms with E-state index >= 15 is 0 Å². The third-order valence-corrected chi connectivity index (χ3v) is 6.67. The van der Waals surface area contributed by atoms with Gasteiger partial charge in [0, 0.05) is 16.7 Å². The molecule has 0 saturated carbocycles. The van der Waals surface area contributed by atoms with Crippen molar-refractivity contribution in [2.45, 2.75) is 24.0 Å². The van der Waals surface area contributed by atoms with Gasteiger partial charge in [0.25, 0.3) is 5.24 Å². The molecule has 142 valence electrons. The molecule has 3 aromatic rings. The maximum atomic E-state index is 12.1. The number of hydrogen-bond donors (Lipinski definition) is 1. The van der Waals surface area contributed by atoms with Crippen molar-refractivity contribution >= 4 is 33.7 Å². The number of nitriles is 1. The van der Waals surface area contributed by atoms with E-state index in [-0.39, 0.29) is 22.3 Å². The largest absolute Gasteiger partial charge is 0.457 e. The maximum absolute atomic E-state index is 12.1. The number of aryl methyl sites for hydroxylation is 1. The molecule has 2 aliphatic rings. The van der Waals surface area contributed by atoms with E-state index in [0.29, 0.717) is 11.3 Å². The minimum Gasteiger partial charge on any atom is -0.457 e. The van der Waals surface area contributed by atoms with Crippen molar-refractivity contribution < 1.29 is 14.3 Å². The molecule has 1 aliphatic carbocycles. The summed E-state index contributed by atoms with van der Waals surface area (Å²) in [5, 5.41) is 12.9. The van der Waals surface area contributed by atoms with Crippen LogP contribution < -0.4 is 10.1 Å². The second-order valence-corrected chi connectivity index (χ2v) is 8.31. The Balaban J connectivity index is 1.45. The quantitative estimate of drug-likeness (QED) is 0.677. The Bertz CT molecular complexity index is 1210. The van der Waals surface area contributed by atoms with E-state index in [9.17, 15) is 14.9 Å². The summed E-state index contributed by atoms with van der Waals surface area (Å²) >= 11 is 1.09. The molecule has 0 bridgehead atoms. The lowest BCUT2D eigenvalue weighted by molar-refractivity contribution is -0.119. The van der Waals surface area contributed by atoms with Gasteiger partial charge in [0.2, 0.25) is 5.91 Å². The molecule has 1 unspecified atom stereocenters. The number of carbonyl (C=O) groups excluding carboxylic acids is 2. The minimum absolute atomic E-state index is 0.0474. The zero-order valence-electron chi connectivity index (χ0n) is 15.3. The third kappa shape index (κ3) is 3.04. The van der Waals surface area contributed by atoms with Crippen LogP contribution >= 0.6 is 11.8 Å². The number of ether oxygens (including phenoxy) is 1. The molecule has 1 N–H and O–H groups in total. The first-order chi connectivity index (χ1) is 14.1. The molecule has 0 radical (unpaired) electrons. The normalized spacial score (nSPS) is 20.4. The Kier molecular flexibility index (Phi) is 4.26. The summed E-state index contributed by atoms with van der Waals surface area (Å²) in [4.78, 5) is 23.6. The summed E-state index contributed by atoms with van der Waals surface area (Å²) in [5.74, 6) is 1.28. The smallest absolute Gasteiger partial charge is 0.286 e. The highest BCUT2D eigenvalue weighted by molar-refractivity contribution is 8.15. The van der Waals surface area contributed by atoms with Gasteiger partial charge in [-0.3, -0.25) is 14.9 Å². The van der Waals surface area contributed by atoms with Gasteiger partial charge in [-0.1, -0.05) is 42.1 Å². The van der Waals surface area contributed by atoms with Crippen LogP contribution in [0.1, 0.15) is 29.0 Å². The molecule has 1 aliphatic heterocycles. The topological polar surface area (TPSA) is 79.2 Å². The SMILES string of the molecule is N#Cc1ccc(Oc2ccc3c(c2)CC[C@H]3C2SC(=O)NC2=O)c2ccccc12. The van der Waals surface area contributed by atoms with Gasteiger partial charge < -0.3 is 4.74 Å². The molecule has 1 fully saturated rings. The number of amides is 2. The number of rotatable bonds is 3. The first-order valence-electron chi connectivity index (χ1n) is 9.38. The van der Waals surface area contributed by atoms with Gasteiger partial charge in [-0.15, -0.1) is 0 Å². The van der Waals surface area contributed by atoms with Crippen LogP contribution in [0.15, 0.2) is 54.6 Å². The number of carbonyl (C=O) groups is 2. The zero-order valence-corrected chi connectivity index (χ0v) is 16.2. The van der Waals surface area contributed by atoms with Crippen molar-refractivity contribution in [2.75, 3.05) is 0 Å². The van der Waals surface area contributed by atoms with Crippen LogP contribution in [0.2, 0.25) is 0 Å². The number of imide groups is 1. The van der Waals surface area contributed by atoms with Crippen molar-refractivity contribution in [2.24, 2.45) is 0 Å². The fourth-order valence-corrected chi connectivity index (χ4v) is 5.23. The molecular formula is C23H16N2O3S. The Morgan fingerprint density at radius 2 is 1.90 bits per heavy atom. The van der Waals surface area contributed by atoms with Gasteiger partial charge in [0.15, 0.2) is 0 Å². The van der Waals surface area contributed by atoms with Crippen molar-refractivity contribution in [3.63, 3.8) is 0 Å². The molecule has 2 atom stereocenters. The molecule has 0 spiro atoms. The Labute approximate surface area is 171 Å². The second-order valence-electron chi connectivity index (χ2n) is 7.19. The summed E-state index contributed by atoms with van der Waals surface area (Å²) in [6, 6.07) is 19.4. The summed E-state index contributed by atoms with van der Waals surface area (Å²) in [7, 11) is 0. The first-order valence-corrected chi connectivity index (χ1v) is 10.3. The van der Waals surface area contributed by atoms with Crippen LogP contribution in [0.25, 0.3) is 10.8 Å². The minimum atomic E-state index is -0.349. The predicted octanol–water partition coefficient (Wildman–Crippen LogP) is 4.89. The second kappa shape index (κ2) is 6.94. The van der Waals surface area contributed by atoms with Crippen LogP contribution in [-0.2, 0) is 11.2 Å². The fraction of sp³-hybridized carbons (Fsp3) is 0.174. The van der Waals surface area contributed by atoms with Crippen molar-refractivity contribution in [1.29, 1.82) is 5.26 Å². The van der Waals surface area contributed by atoms with Crippen LogP contribution in [0.5, 0.6) is 11.5 Å². The summed E-state index contributed by atoms with van der Waals surface area (Å²) in [6.07, 6.45) is 1.70. The van der Waals surface area contributed by atoms with E-state index in [1.54, 1.807) is 6.07 Å². The van der Waals surface area contributed by atoms with E-state index in [1.807, 2.05) is 48.5 Å². The number of nitrogens with zero attached hydrogens (tertiary/aromatic N) is 1. The monoisotopic (exact) mass is 400 g/mol. The summed E-state index contributed by atoms with van der Waals surface area (Å²) in [5.41, 5.74) is 2.88. The number of thioether (sulfide) groups is 1. The number of hydrogen-bond acceptors (Lipinski definition) is 5. The van der Waals surface area contributed by atoms with Gasteiger partial charge in [-0.05, 0) is 48.2 Å². The Morgan fingerprint density at radius 1 is 1.07 bits per heavy atom. The van der Waals surface area contributed by atoms with Gasteiger partial charge in [-0.25, -0.2) is 0 Å². The van der Waals surface area contributed by atoms with E-state index in [0.717, 1.165) is 52.3 Å². The molecule has 3 aromatic carbocycles. The number of nitrogens with one attached hydrogen (secondary N) is 1. The maximum Gasteiger partial charge on any atom is 0.286 e. The number of fused-ring (bicyclic) bond motifs is 2. The highest BCUT2D eigenvalue weighted by Gasteiger charge is 2.41. The summed E-state index contributed by atoms with van der Waals surface area (Å²) in [6.45, 7) is 0. The van der Waals surface area contributed by atoms with Crippen LogP contribution in [0.3, 0.4) is 0 Å². The predicted molar refractivity (Wildman–Crippen MR) is 111 cm³/mol. The molecule has 1 heterocycles. The van der Waals surface area contributed by atoms with Gasteiger partial charge in [0.05, 0.1) is 11.6 Å². The lowest BCUT2D eigenvalue weighted by atomic mass is 9.97. The fourth-order valence-electron chi connectivity index (χ4n) is 4.22. The Hall–Kier alpha value is -3.30. The van der Waals surface area contributed by atoms with Crippen LogP contribution in [0.4, 0.5) is 4.79 Å². The number of benzene rings is 3. The van der Waals surface area contributed by atoms with E-state index < -0.39 is 0 Å². The molecule has 5 nitrogen and oxygen atoms in total. The lowest BCUT2D eigenvalue weighted by Crippen LogP contribution is -2.27. The zero-order chi connectivity index (χ0) is 20.0. The van der Waals surface area contributed by atoms with Crippen molar-refractivity contribution in [3.05, 3.63) is 71.3 Å². The average molecular weight is 400 g/mol. The van der Waals surface area contributed by atoms with Gasteiger partial charge in [-0.2, -0.15) is 5.26 Å². The molecule has 5 rings (SSSR count). The molecule has 1 saturated heterocycles. The molecule has 6 heteroatoms. The molecule has 29 heavy (non-hydrogen) atoms. The van der Waals surface area contributed by atoms with E-state index in [2.05, 4.69) is 11.4 Å². The standard InChI is InChI=1S/C23H16N2O3S/c24-12-14-6-10-20(18-4-2-1-3-16(14)18)28-15-7-9-17-13(11-15)5-8-19(17)21-22(26)25-23(27)29-21/h1-4,6-7,9-11,19,21H,5,8H2,(H,25,26,27)/t19-,21?/m1/s1. The highest BCUT2D eigenvalue weighted by atomic mass is 32.2. The van der Waals surface area contributed by atoms with E-state index in [4.69, 9.17) is 4.74 Å². The first kappa shape index (κ1) is 17.8. The van der Waals surface area contributed by atoms with Crippen molar-refractivity contribution in [3.8, 4) is 17.6 Å². The Morgan fingerprint density at radius 3 is 2.66 bits per heavy atom. The van der Waals surface area contributed by atoms with Crippen LogP contribution in [-0.4, -0.2) is 16.4 Å². The van der Waals surface area contributed by atoms with Gasteiger partial charge >= 0.3 is 0 Å². The molecular weight excluding hydrogens is 384 g/mol. The third-order valence-electron chi connectivity index (χ3n) is 5.55. The molecule has 2 amide bonds. The highest BCUT2D eigenvalue weighted by Crippen LogP contribution is 2.43. The summed E-state index contributed by atoms with van der Waals surface area (Å²) < 4.78 is 6.17. The van der Waals surface area contributed by atoms with E-state index in [1.165, 1.54) is 0 Å². The average Bonchev–Trinajstić information content (AvgIpc) is 3.29. The lowest BCUT2D eigenvalue weighted by Gasteiger charge is -2.16. The molecule has 0 aromatic heterocycles. The van der Waals surface area contributed by atoms with Crippen molar-refractivity contribution in [1.82, 2.24) is 5.32 Å². The van der Waals surface area contributed by atoms with Crippen LogP contribution in [0, 0.1) is 11.3 Å².